The minimum Gasteiger partial charge on any atom is -0.367 e. The van der Waals surface area contributed by atoms with Gasteiger partial charge in [0.25, 0.3) is 5.91 Å². The largest absolute Gasteiger partial charge is 0.367 e. The van der Waals surface area contributed by atoms with Gasteiger partial charge in [-0.1, -0.05) is 54.6 Å². The van der Waals surface area contributed by atoms with E-state index in [0.29, 0.717) is 38.3 Å². The molecule has 1 saturated heterocycles. The molecule has 7 heteroatoms. The van der Waals surface area contributed by atoms with Crippen LogP contribution in [0.15, 0.2) is 84.0 Å². The van der Waals surface area contributed by atoms with Crippen molar-refractivity contribution in [2.75, 3.05) is 37.6 Å². The number of piperazine rings is 1. The Morgan fingerprint density at radius 2 is 1.53 bits per heavy atom. The number of hydrogen-bond acceptors (Lipinski definition) is 4. The smallest absolute Gasteiger partial charge is 0.257 e. The second-order valence-corrected chi connectivity index (χ2v) is 8.64. The SMILES string of the molecule is O=C(CN1CCN(c2ccccc2F)CC1)N1N=C(c2ccc(F)cc2)C[C@H]1c1ccccc1. The zero-order valence-corrected chi connectivity index (χ0v) is 18.8. The van der Waals surface area contributed by atoms with Crippen LogP contribution < -0.4 is 4.90 Å². The summed E-state index contributed by atoms with van der Waals surface area (Å²) >= 11 is 0. The quantitative estimate of drug-likeness (QED) is 0.564. The molecule has 0 aliphatic carbocycles. The van der Waals surface area contributed by atoms with Crippen LogP contribution in [0.5, 0.6) is 0 Å². The fourth-order valence-electron chi connectivity index (χ4n) is 4.61. The number of hydrogen-bond donors (Lipinski definition) is 0. The number of nitrogens with zero attached hydrogens (tertiary/aromatic N) is 4. The Kier molecular flexibility index (Phi) is 6.36. The third kappa shape index (κ3) is 4.70. The van der Waals surface area contributed by atoms with Crippen LogP contribution in [0, 0.1) is 11.6 Å². The zero-order valence-electron chi connectivity index (χ0n) is 18.8. The van der Waals surface area contributed by atoms with Crippen molar-refractivity contribution in [2.24, 2.45) is 5.10 Å². The summed E-state index contributed by atoms with van der Waals surface area (Å²) in [7, 11) is 0. The Balaban J connectivity index is 1.29. The summed E-state index contributed by atoms with van der Waals surface area (Å²) in [5.74, 6) is -0.604. The van der Waals surface area contributed by atoms with Crippen molar-refractivity contribution in [3.63, 3.8) is 0 Å². The number of anilines is 1. The molecule has 34 heavy (non-hydrogen) atoms. The van der Waals surface area contributed by atoms with Crippen LogP contribution in [0.25, 0.3) is 0 Å². The maximum atomic E-state index is 14.1. The first kappa shape index (κ1) is 22.2. The lowest BCUT2D eigenvalue weighted by Crippen LogP contribution is -2.49. The molecule has 1 fully saturated rings. The van der Waals surface area contributed by atoms with Gasteiger partial charge in [-0.2, -0.15) is 5.10 Å². The Hall–Kier alpha value is -3.58. The molecule has 0 spiro atoms. The van der Waals surface area contributed by atoms with Gasteiger partial charge in [0.05, 0.1) is 24.0 Å². The maximum absolute atomic E-state index is 14.1. The van der Waals surface area contributed by atoms with Crippen LogP contribution in [0.1, 0.15) is 23.6 Å². The summed E-state index contributed by atoms with van der Waals surface area (Å²) in [6.45, 7) is 2.88. The molecule has 2 aliphatic heterocycles. The summed E-state index contributed by atoms with van der Waals surface area (Å²) in [5, 5.41) is 6.26. The third-order valence-electron chi connectivity index (χ3n) is 6.45. The molecule has 0 N–H and O–H groups in total. The summed E-state index contributed by atoms with van der Waals surface area (Å²) in [6.07, 6.45) is 0.572. The molecular weight excluding hydrogens is 434 g/mol. The lowest BCUT2D eigenvalue weighted by atomic mass is 9.98. The van der Waals surface area contributed by atoms with E-state index >= 15 is 0 Å². The van der Waals surface area contributed by atoms with E-state index in [-0.39, 0.29) is 30.1 Å². The van der Waals surface area contributed by atoms with Gasteiger partial charge in [-0.25, -0.2) is 13.8 Å². The van der Waals surface area contributed by atoms with Crippen LogP contribution in [-0.2, 0) is 4.79 Å². The molecule has 5 nitrogen and oxygen atoms in total. The molecule has 3 aromatic carbocycles. The Labute approximate surface area is 197 Å². The lowest BCUT2D eigenvalue weighted by molar-refractivity contribution is -0.134. The molecule has 0 aromatic heterocycles. The Bertz CT molecular complexity index is 1170. The van der Waals surface area contributed by atoms with Gasteiger partial charge in [-0.3, -0.25) is 9.69 Å². The zero-order chi connectivity index (χ0) is 23.5. The fraction of sp³-hybridized carbons (Fsp3) is 0.259. The molecule has 0 saturated carbocycles. The van der Waals surface area contributed by atoms with E-state index in [1.165, 1.54) is 18.2 Å². The van der Waals surface area contributed by atoms with Crippen molar-refractivity contribution in [2.45, 2.75) is 12.5 Å². The first-order valence-corrected chi connectivity index (χ1v) is 11.5. The highest BCUT2D eigenvalue weighted by Gasteiger charge is 2.34. The van der Waals surface area contributed by atoms with Crippen LogP contribution in [0.3, 0.4) is 0 Å². The van der Waals surface area contributed by atoms with Crippen molar-refractivity contribution in [3.05, 3.63) is 102 Å². The highest BCUT2D eigenvalue weighted by molar-refractivity contribution is 6.03. The van der Waals surface area contributed by atoms with Gasteiger partial charge in [0, 0.05) is 32.6 Å². The molecule has 3 aromatic rings. The molecule has 5 rings (SSSR count). The number of hydrazone groups is 1. The van der Waals surface area contributed by atoms with Gasteiger partial charge in [-0.05, 0) is 35.4 Å². The van der Waals surface area contributed by atoms with Gasteiger partial charge in [0.1, 0.15) is 11.6 Å². The number of halogens is 2. The van der Waals surface area contributed by atoms with E-state index in [9.17, 15) is 13.6 Å². The van der Waals surface area contributed by atoms with E-state index in [1.807, 2.05) is 41.3 Å². The monoisotopic (exact) mass is 460 g/mol. The van der Waals surface area contributed by atoms with E-state index in [4.69, 9.17) is 0 Å². The molecule has 2 heterocycles. The lowest BCUT2D eigenvalue weighted by Gasteiger charge is -2.36. The predicted octanol–water partition coefficient (Wildman–Crippen LogP) is 4.46. The Morgan fingerprint density at radius 1 is 0.853 bits per heavy atom. The van der Waals surface area contributed by atoms with E-state index in [2.05, 4.69) is 10.0 Å². The van der Waals surface area contributed by atoms with E-state index in [1.54, 1.807) is 29.3 Å². The average Bonchev–Trinajstić information content (AvgIpc) is 3.32. The molecule has 1 amide bonds. The van der Waals surface area contributed by atoms with Crippen molar-refractivity contribution >= 4 is 17.3 Å². The van der Waals surface area contributed by atoms with Gasteiger partial charge in [0.2, 0.25) is 0 Å². The minimum atomic E-state index is -0.301. The van der Waals surface area contributed by atoms with Crippen LogP contribution >= 0.6 is 0 Å². The number of rotatable bonds is 5. The topological polar surface area (TPSA) is 39.2 Å². The van der Waals surface area contributed by atoms with Gasteiger partial charge in [-0.15, -0.1) is 0 Å². The molecule has 0 radical (unpaired) electrons. The fourth-order valence-corrected chi connectivity index (χ4v) is 4.61. The van der Waals surface area contributed by atoms with Crippen molar-refractivity contribution in [1.29, 1.82) is 0 Å². The van der Waals surface area contributed by atoms with Crippen LogP contribution in [0.4, 0.5) is 14.5 Å². The number of carbonyl (C=O) groups excluding carboxylic acids is 1. The highest BCUT2D eigenvalue weighted by Crippen LogP contribution is 2.33. The van der Waals surface area contributed by atoms with E-state index < -0.39 is 0 Å². The third-order valence-corrected chi connectivity index (χ3v) is 6.45. The predicted molar refractivity (Wildman–Crippen MR) is 129 cm³/mol. The van der Waals surface area contributed by atoms with Crippen molar-refractivity contribution < 1.29 is 13.6 Å². The van der Waals surface area contributed by atoms with E-state index in [0.717, 1.165) is 16.8 Å². The molecular formula is C27H26F2N4O. The maximum Gasteiger partial charge on any atom is 0.257 e. The number of carbonyl (C=O) groups is 1. The standard InChI is InChI=1S/C27H26F2N4O/c28-22-12-10-20(11-13-22)24-18-26(21-6-2-1-3-7-21)33(30-24)27(34)19-31-14-16-32(17-15-31)25-9-5-4-8-23(25)29/h1-13,26H,14-19H2/t26-/m0/s1. The molecule has 2 aliphatic rings. The summed E-state index contributed by atoms with van der Waals surface area (Å²) in [6, 6.07) is 22.7. The van der Waals surface area contributed by atoms with Crippen molar-refractivity contribution in [3.8, 4) is 0 Å². The van der Waals surface area contributed by atoms with Gasteiger partial charge < -0.3 is 4.90 Å². The molecule has 0 unspecified atom stereocenters. The number of para-hydroxylation sites is 1. The van der Waals surface area contributed by atoms with Crippen LogP contribution in [-0.4, -0.2) is 54.3 Å². The molecule has 0 bridgehead atoms. The Morgan fingerprint density at radius 3 is 2.24 bits per heavy atom. The van der Waals surface area contributed by atoms with Crippen LogP contribution in [0.2, 0.25) is 0 Å². The summed E-state index contributed by atoms with van der Waals surface area (Å²) in [5.41, 5.74) is 3.20. The van der Waals surface area contributed by atoms with Crippen molar-refractivity contribution in [1.82, 2.24) is 9.91 Å². The number of benzene rings is 3. The first-order chi connectivity index (χ1) is 16.6. The summed E-state index contributed by atoms with van der Waals surface area (Å²) in [4.78, 5) is 17.5. The first-order valence-electron chi connectivity index (χ1n) is 11.5. The van der Waals surface area contributed by atoms with Gasteiger partial charge >= 0.3 is 0 Å². The van der Waals surface area contributed by atoms with Gasteiger partial charge in [0.15, 0.2) is 0 Å². The second kappa shape index (κ2) is 9.73. The summed E-state index contributed by atoms with van der Waals surface area (Å²) < 4.78 is 27.5. The molecule has 174 valence electrons. The minimum absolute atomic E-state index is 0.0784. The number of amides is 1. The molecule has 1 atom stereocenters. The normalized spacial score (nSPS) is 18.8. The highest BCUT2D eigenvalue weighted by atomic mass is 19.1. The second-order valence-electron chi connectivity index (χ2n) is 8.64. The average molecular weight is 461 g/mol.